The van der Waals surface area contributed by atoms with Gasteiger partial charge < -0.3 is 19.5 Å². The Morgan fingerprint density at radius 3 is 2.10 bits per heavy atom. The molecule has 3 unspecified atom stereocenters. The van der Waals surface area contributed by atoms with Gasteiger partial charge in [-0.1, -0.05) is 50.6 Å². The van der Waals surface area contributed by atoms with Gasteiger partial charge in [0.15, 0.2) is 0 Å². The first kappa shape index (κ1) is 26.6. The molecule has 0 saturated heterocycles. The predicted octanol–water partition coefficient (Wildman–Crippen LogP) is 3.79. The highest BCUT2D eigenvalue weighted by Gasteiger charge is 2.36. The lowest BCUT2D eigenvalue weighted by Gasteiger charge is -2.35. The Balaban J connectivity index is 2.62. The monoisotopic (exact) mass is 435 g/mol. The third kappa shape index (κ3) is 11.5. The number of ether oxygens (including phenoxy) is 3. The number of carbonyl (C=O) groups is 3. The van der Waals surface area contributed by atoms with E-state index in [-0.39, 0.29) is 11.8 Å². The molecule has 1 aromatic carbocycles. The van der Waals surface area contributed by atoms with Crippen molar-refractivity contribution in [2.24, 2.45) is 5.92 Å². The molecule has 0 aliphatic rings. The molecule has 0 heterocycles. The second-order valence-electron chi connectivity index (χ2n) is 8.08. The Bertz CT molecular complexity index is 676. The van der Waals surface area contributed by atoms with Crippen molar-refractivity contribution < 1.29 is 28.6 Å². The summed E-state index contributed by atoms with van der Waals surface area (Å²) in [5.41, 5.74) is 1.14. The van der Waals surface area contributed by atoms with E-state index in [4.69, 9.17) is 14.2 Å². The first-order valence-corrected chi connectivity index (χ1v) is 10.9. The van der Waals surface area contributed by atoms with Crippen molar-refractivity contribution in [1.29, 1.82) is 0 Å². The Morgan fingerprint density at radius 2 is 1.55 bits per heavy atom. The maximum absolute atomic E-state index is 11.8. The van der Waals surface area contributed by atoms with Crippen LogP contribution in [0.25, 0.3) is 0 Å². The molecule has 7 heteroatoms. The minimum Gasteiger partial charge on any atom is -0.460 e. The third-order valence-electron chi connectivity index (χ3n) is 4.79. The summed E-state index contributed by atoms with van der Waals surface area (Å²) in [5.74, 6) is -1.21. The quantitative estimate of drug-likeness (QED) is 0.353. The number of hydrogen-bond acceptors (Lipinski definition) is 6. The largest absolute Gasteiger partial charge is 0.460 e. The fraction of sp³-hybridized carbons (Fsp3) is 0.625. The van der Waals surface area contributed by atoms with E-state index in [0.717, 1.165) is 24.8 Å². The van der Waals surface area contributed by atoms with Gasteiger partial charge in [0, 0.05) is 27.4 Å². The van der Waals surface area contributed by atoms with Crippen LogP contribution in [-0.2, 0) is 35.2 Å². The summed E-state index contributed by atoms with van der Waals surface area (Å²) >= 11 is 0. The summed E-state index contributed by atoms with van der Waals surface area (Å²) in [6.07, 6.45) is 1.92. The molecule has 1 rings (SSSR count). The van der Waals surface area contributed by atoms with Gasteiger partial charge in [0.05, 0.1) is 6.61 Å². The topological polar surface area (TPSA) is 90.9 Å². The van der Waals surface area contributed by atoms with Crippen LogP contribution in [0.3, 0.4) is 0 Å². The smallest absolute Gasteiger partial charge is 0.302 e. The molecule has 0 aliphatic heterocycles. The third-order valence-corrected chi connectivity index (χ3v) is 4.79. The second kappa shape index (κ2) is 14.6. The maximum Gasteiger partial charge on any atom is 0.302 e. The van der Waals surface area contributed by atoms with Gasteiger partial charge in [-0.15, -0.1) is 0 Å². The zero-order valence-corrected chi connectivity index (χ0v) is 19.4. The standard InChI is InChI=1S/C24H37NO6/c1-17(2)24(31-20(5)28)23(25-18(3)26)22(30-19(4)27)14-10-7-11-15-29-16-21-12-8-6-9-13-21/h6,8-9,12-13,17,22-24H,7,10-11,14-16H2,1-5H3,(H,25,26). The van der Waals surface area contributed by atoms with E-state index in [0.29, 0.717) is 19.6 Å². The Kier molecular flexibility index (Phi) is 12.5. The number of esters is 2. The van der Waals surface area contributed by atoms with Crippen LogP contribution in [0.4, 0.5) is 0 Å². The summed E-state index contributed by atoms with van der Waals surface area (Å²) < 4.78 is 16.7. The van der Waals surface area contributed by atoms with E-state index < -0.39 is 30.2 Å². The van der Waals surface area contributed by atoms with E-state index in [9.17, 15) is 14.4 Å². The van der Waals surface area contributed by atoms with Crippen LogP contribution in [0.5, 0.6) is 0 Å². The van der Waals surface area contributed by atoms with Crippen molar-refractivity contribution >= 4 is 17.8 Å². The molecule has 0 fully saturated rings. The maximum atomic E-state index is 11.8. The number of amides is 1. The van der Waals surface area contributed by atoms with Crippen LogP contribution < -0.4 is 5.32 Å². The first-order valence-electron chi connectivity index (χ1n) is 10.9. The van der Waals surface area contributed by atoms with E-state index >= 15 is 0 Å². The molecule has 0 bridgehead atoms. The van der Waals surface area contributed by atoms with Crippen LogP contribution in [0, 0.1) is 5.92 Å². The average Bonchev–Trinajstić information content (AvgIpc) is 2.69. The zero-order valence-electron chi connectivity index (χ0n) is 19.4. The lowest BCUT2D eigenvalue weighted by molar-refractivity contribution is -0.160. The summed E-state index contributed by atoms with van der Waals surface area (Å²) in [7, 11) is 0. The molecule has 31 heavy (non-hydrogen) atoms. The molecule has 3 atom stereocenters. The van der Waals surface area contributed by atoms with Gasteiger partial charge in [-0.3, -0.25) is 14.4 Å². The SMILES string of the molecule is CC(=O)NC(C(CCCCCOCc1ccccc1)OC(C)=O)C(OC(C)=O)C(C)C. The predicted molar refractivity (Wildman–Crippen MR) is 118 cm³/mol. The molecule has 0 radical (unpaired) electrons. The number of hydrogen-bond donors (Lipinski definition) is 1. The van der Waals surface area contributed by atoms with Crippen LogP contribution in [0.1, 0.15) is 65.9 Å². The minimum atomic E-state index is -0.611. The van der Waals surface area contributed by atoms with Crippen molar-refractivity contribution in [1.82, 2.24) is 5.32 Å². The van der Waals surface area contributed by atoms with Gasteiger partial charge in [0.1, 0.15) is 18.2 Å². The van der Waals surface area contributed by atoms with E-state index in [2.05, 4.69) is 5.32 Å². The van der Waals surface area contributed by atoms with Crippen molar-refractivity contribution in [2.75, 3.05) is 6.61 Å². The number of nitrogens with one attached hydrogen (secondary N) is 1. The molecular formula is C24H37NO6. The van der Waals surface area contributed by atoms with Gasteiger partial charge in [-0.2, -0.15) is 0 Å². The lowest BCUT2D eigenvalue weighted by atomic mass is 9.92. The van der Waals surface area contributed by atoms with E-state index in [1.807, 2.05) is 44.2 Å². The average molecular weight is 436 g/mol. The fourth-order valence-electron chi connectivity index (χ4n) is 3.45. The van der Waals surface area contributed by atoms with Gasteiger partial charge in [0.2, 0.25) is 5.91 Å². The number of carbonyl (C=O) groups excluding carboxylic acids is 3. The van der Waals surface area contributed by atoms with Gasteiger partial charge >= 0.3 is 11.9 Å². The normalized spacial score (nSPS) is 13.9. The van der Waals surface area contributed by atoms with Crippen molar-refractivity contribution in [3.63, 3.8) is 0 Å². The Morgan fingerprint density at radius 1 is 0.903 bits per heavy atom. The summed E-state index contributed by atoms with van der Waals surface area (Å²) in [6.45, 7) is 9.09. The number of rotatable bonds is 14. The summed E-state index contributed by atoms with van der Waals surface area (Å²) in [5, 5.41) is 2.83. The zero-order chi connectivity index (χ0) is 23.2. The molecular weight excluding hydrogens is 398 g/mol. The highest BCUT2D eigenvalue weighted by Crippen LogP contribution is 2.21. The molecule has 0 aliphatic carbocycles. The Labute approximate surface area is 185 Å². The van der Waals surface area contributed by atoms with Crippen molar-refractivity contribution in [2.45, 2.75) is 85.2 Å². The molecule has 0 spiro atoms. The van der Waals surface area contributed by atoms with Crippen molar-refractivity contribution in [3.05, 3.63) is 35.9 Å². The highest BCUT2D eigenvalue weighted by atomic mass is 16.6. The fourth-order valence-corrected chi connectivity index (χ4v) is 3.45. The molecule has 1 amide bonds. The molecule has 7 nitrogen and oxygen atoms in total. The lowest BCUT2D eigenvalue weighted by Crippen LogP contribution is -2.54. The molecule has 0 aromatic heterocycles. The molecule has 174 valence electrons. The van der Waals surface area contributed by atoms with Crippen LogP contribution in [0.15, 0.2) is 30.3 Å². The van der Waals surface area contributed by atoms with Crippen molar-refractivity contribution in [3.8, 4) is 0 Å². The van der Waals surface area contributed by atoms with Crippen LogP contribution in [0.2, 0.25) is 0 Å². The van der Waals surface area contributed by atoms with Crippen LogP contribution in [-0.4, -0.2) is 42.7 Å². The second-order valence-corrected chi connectivity index (χ2v) is 8.08. The molecule has 0 saturated carbocycles. The summed E-state index contributed by atoms with van der Waals surface area (Å²) in [4.78, 5) is 35.1. The number of benzene rings is 1. The van der Waals surface area contributed by atoms with E-state index in [1.54, 1.807) is 0 Å². The molecule has 1 aromatic rings. The van der Waals surface area contributed by atoms with Gasteiger partial charge in [-0.05, 0) is 30.7 Å². The minimum absolute atomic E-state index is 0.0646. The highest BCUT2D eigenvalue weighted by molar-refractivity contribution is 5.73. The van der Waals surface area contributed by atoms with Gasteiger partial charge in [-0.25, -0.2) is 0 Å². The van der Waals surface area contributed by atoms with E-state index in [1.165, 1.54) is 20.8 Å². The van der Waals surface area contributed by atoms with Crippen LogP contribution >= 0.6 is 0 Å². The summed E-state index contributed by atoms with van der Waals surface area (Å²) in [6, 6.07) is 9.39. The number of unbranched alkanes of at least 4 members (excludes halogenated alkanes) is 2. The first-order chi connectivity index (χ1) is 14.7. The Hall–Kier alpha value is -2.41. The molecule has 1 N–H and O–H groups in total. The van der Waals surface area contributed by atoms with Gasteiger partial charge in [0.25, 0.3) is 0 Å².